The van der Waals surface area contributed by atoms with Crippen LogP contribution in [0, 0.1) is 21.3 Å². The van der Waals surface area contributed by atoms with Gasteiger partial charge in [0.2, 0.25) is 0 Å². The molecule has 7 heteroatoms. The number of nitro benzene ring substituents is 1. The van der Waals surface area contributed by atoms with E-state index >= 15 is 0 Å². The summed E-state index contributed by atoms with van der Waals surface area (Å²) in [6, 6.07) is 10.4. The number of carbonyl (C=O) groups excluding carboxylic acids is 1. The molecule has 1 aliphatic rings. The summed E-state index contributed by atoms with van der Waals surface area (Å²) in [5.74, 6) is -0.220. The van der Waals surface area contributed by atoms with Crippen LogP contribution < -0.4 is 0 Å². The molecule has 154 valence electrons. The first-order valence-electron chi connectivity index (χ1n) is 9.61. The van der Waals surface area contributed by atoms with Crippen LogP contribution in [-0.2, 0) is 20.7 Å². The Labute approximate surface area is 170 Å². The van der Waals surface area contributed by atoms with Gasteiger partial charge < -0.3 is 4.79 Å². The summed E-state index contributed by atoms with van der Waals surface area (Å²) in [6.07, 6.45) is 2.80. The number of nitro groups is 1. The maximum atomic E-state index is 14.2. The lowest BCUT2D eigenvalue weighted by atomic mass is 9.84. The highest BCUT2D eigenvalue weighted by atomic mass is 32.2. The molecule has 2 aromatic rings. The molecule has 1 aliphatic heterocycles. The van der Waals surface area contributed by atoms with Gasteiger partial charge in [-0.3, -0.25) is 14.3 Å². The molecule has 0 aliphatic carbocycles. The van der Waals surface area contributed by atoms with Crippen LogP contribution in [-0.4, -0.2) is 26.0 Å². The van der Waals surface area contributed by atoms with Gasteiger partial charge in [0, 0.05) is 37.7 Å². The molecule has 0 aromatic heterocycles. The maximum absolute atomic E-state index is 14.2. The predicted octanol–water partition coefficient (Wildman–Crippen LogP) is 4.55. The molecule has 29 heavy (non-hydrogen) atoms. The Balaban J connectivity index is 2.12. The van der Waals surface area contributed by atoms with Crippen molar-refractivity contribution in [1.29, 1.82) is 0 Å². The number of non-ortho nitro benzene ring substituents is 1. The van der Waals surface area contributed by atoms with Crippen molar-refractivity contribution >= 4 is 26.4 Å². The largest absolute Gasteiger partial charge is 0.303 e. The minimum absolute atomic E-state index is 0.0442. The molecule has 0 amide bonds. The fourth-order valence-corrected chi connectivity index (χ4v) is 7.74. The van der Waals surface area contributed by atoms with Crippen LogP contribution in [0.2, 0.25) is 0 Å². The van der Waals surface area contributed by atoms with Crippen molar-refractivity contribution in [3.05, 3.63) is 69.5 Å². The quantitative estimate of drug-likeness (QED) is 0.287. The monoisotopic (exact) mass is 417 g/mol. The highest BCUT2D eigenvalue weighted by Gasteiger charge is 2.42. The van der Waals surface area contributed by atoms with Gasteiger partial charge in [-0.1, -0.05) is 26.0 Å². The van der Waals surface area contributed by atoms with Gasteiger partial charge in [0.1, 0.15) is 12.1 Å². The van der Waals surface area contributed by atoms with Gasteiger partial charge >= 0.3 is 0 Å². The van der Waals surface area contributed by atoms with E-state index in [4.69, 9.17) is 0 Å². The van der Waals surface area contributed by atoms with Gasteiger partial charge in [-0.2, -0.15) is 0 Å². The van der Waals surface area contributed by atoms with E-state index in [1.165, 1.54) is 24.3 Å². The first-order chi connectivity index (χ1) is 13.8. The molecule has 5 nitrogen and oxygen atoms in total. The standard InChI is InChI=1S/C22H24FNO4S/c1-3-20-13-22(4-2,14-25)15-29(20,28)21-9-8-18(23)12-17(21)10-16-6-5-7-19(11-16)24(26)27/h5-9,11-12,14H,3-4,10,13,15H2,1-2H3/t22-,29?/m0/s1. The predicted molar refractivity (Wildman–Crippen MR) is 112 cm³/mol. The zero-order valence-electron chi connectivity index (χ0n) is 16.5. The number of halogens is 1. The first kappa shape index (κ1) is 21.2. The molecule has 0 bridgehead atoms. The maximum Gasteiger partial charge on any atom is 0.269 e. The number of hydrogen-bond donors (Lipinski definition) is 0. The normalized spacial score (nSPS) is 23.9. The van der Waals surface area contributed by atoms with E-state index in [0.29, 0.717) is 35.3 Å². The Kier molecular flexibility index (Phi) is 5.89. The SMILES string of the molecule is CCC1=S(=O)(c2ccc(F)cc2Cc2cccc([N+](=O)[O-])c2)C[C@@](C=O)(CC)C1. The van der Waals surface area contributed by atoms with Crippen molar-refractivity contribution in [3.63, 3.8) is 0 Å². The van der Waals surface area contributed by atoms with Crippen molar-refractivity contribution in [1.82, 2.24) is 0 Å². The Morgan fingerprint density at radius 1 is 1.24 bits per heavy atom. The van der Waals surface area contributed by atoms with E-state index in [0.717, 1.165) is 11.2 Å². The third-order valence-corrected chi connectivity index (χ3v) is 9.20. The molecule has 1 unspecified atom stereocenters. The number of nitrogens with zero attached hydrogens (tertiary/aromatic N) is 1. The van der Waals surface area contributed by atoms with E-state index in [1.807, 2.05) is 13.8 Å². The first-order valence-corrected chi connectivity index (χ1v) is 11.3. The van der Waals surface area contributed by atoms with Crippen LogP contribution in [0.15, 0.2) is 47.4 Å². The smallest absolute Gasteiger partial charge is 0.269 e. The minimum Gasteiger partial charge on any atom is -0.303 e. The van der Waals surface area contributed by atoms with Crippen molar-refractivity contribution in [2.45, 2.75) is 44.4 Å². The number of aldehydes is 1. The lowest BCUT2D eigenvalue weighted by Crippen LogP contribution is -2.25. The summed E-state index contributed by atoms with van der Waals surface area (Å²) in [4.78, 5) is 23.8. The van der Waals surface area contributed by atoms with E-state index in [-0.39, 0.29) is 17.9 Å². The van der Waals surface area contributed by atoms with Crippen LogP contribution in [0.3, 0.4) is 0 Å². The summed E-state index contributed by atoms with van der Waals surface area (Å²) >= 11 is 0. The van der Waals surface area contributed by atoms with Gasteiger partial charge in [0.05, 0.1) is 4.92 Å². The van der Waals surface area contributed by atoms with Crippen molar-refractivity contribution in [3.8, 4) is 0 Å². The zero-order valence-corrected chi connectivity index (χ0v) is 17.3. The molecule has 0 saturated carbocycles. The second-order valence-electron chi connectivity index (χ2n) is 7.58. The molecule has 0 saturated heterocycles. The second kappa shape index (κ2) is 8.06. The number of rotatable bonds is 7. The summed E-state index contributed by atoms with van der Waals surface area (Å²) in [6.45, 7) is 3.84. The van der Waals surface area contributed by atoms with Crippen LogP contribution in [0.4, 0.5) is 10.1 Å². The average molecular weight is 418 g/mol. The van der Waals surface area contributed by atoms with Crippen LogP contribution in [0.25, 0.3) is 0 Å². The Hall–Kier alpha value is -2.54. The van der Waals surface area contributed by atoms with E-state index < -0.39 is 25.7 Å². The minimum atomic E-state index is -2.66. The molecular weight excluding hydrogens is 393 g/mol. The van der Waals surface area contributed by atoms with Gasteiger partial charge in [-0.25, -0.2) is 4.39 Å². The van der Waals surface area contributed by atoms with Crippen LogP contribution in [0.5, 0.6) is 0 Å². The summed E-state index contributed by atoms with van der Waals surface area (Å²) < 4.78 is 28.2. The van der Waals surface area contributed by atoms with Crippen molar-refractivity contribution in [2.75, 3.05) is 5.75 Å². The fraction of sp³-hybridized carbons (Fsp3) is 0.364. The lowest BCUT2D eigenvalue weighted by molar-refractivity contribution is -0.384. The highest BCUT2D eigenvalue weighted by Crippen LogP contribution is 2.39. The number of carbonyl (C=O) groups is 1. The summed E-state index contributed by atoms with van der Waals surface area (Å²) in [7, 11) is -2.66. The van der Waals surface area contributed by atoms with E-state index in [9.17, 15) is 23.5 Å². The molecule has 0 N–H and O–H groups in total. The molecule has 0 fully saturated rings. The Morgan fingerprint density at radius 3 is 2.62 bits per heavy atom. The molecule has 2 atom stereocenters. The second-order valence-corrected chi connectivity index (χ2v) is 10.2. The van der Waals surface area contributed by atoms with Gasteiger partial charge in [-0.15, -0.1) is 0 Å². The third kappa shape index (κ3) is 3.96. The summed E-state index contributed by atoms with van der Waals surface area (Å²) in [5, 5.41) is 11.1. The third-order valence-electron chi connectivity index (χ3n) is 5.75. The van der Waals surface area contributed by atoms with Gasteiger partial charge in [0.15, 0.2) is 0 Å². The number of benzene rings is 2. The van der Waals surface area contributed by atoms with E-state index in [2.05, 4.69) is 0 Å². The fourth-order valence-electron chi connectivity index (χ4n) is 4.05. The van der Waals surface area contributed by atoms with Crippen molar-refractivity contribution in [2.24, 2.45) is 5.41 Å². The Morgan fingerprint density at radius 2 is 2.00 bits per heavy atom. The average Bonchev–Trinajstić information content (AvgIpc) is 3.01. The molecule has 1 heterocycles. The Bertz CT molecular complexity index is 1090. The molecule has 3 rings (SSSR count). The van der Waals surface area contributed by atoms with Crippen LogP contribution >= 0.6 is 0 Å². The lowest BCUT2D eigenvalue weighted by Gasteiger charge is -2.21. The summed E-state index contributed by atoms with van der Waals surface area (Å²) in [5.41, 5.74) is 0.485. The van der Waals surface area contributed by atoms with Crippen molar-refractivity contribution < 1.29 is 18.3 Å². The van der Waals surface area contributed by atoms with Crippen LogP contribution in [0.1, 0.15) is 44.2 Å². The van der Waals surface area contributed by atoms with Gasteiger partial charge in [0.25, 0.3) is 5.69 Å². The highest BCUT2D eigenvalue weighted by molar-refractivity contribution is 8.02. The number of hydrogen-bond acceptors (Lipinski definition) is 4. The topological polar surface area (TPSA) is 77.3 Å². The molecule has 2 aromatic carbocycles. The zero-order chi connectivity index (χ0) is 21.2. The molecule has 0 radical (unpaired) electrons. The van der Waals surface area contributed by atoms with Gasteiger partial charge in [-0.05, 0) is 59.9 Å². The molecular formula is C22H24FNO4S. The molecule has 0 spiro atoms. The van der Waals surface area contributed by atoms with E-state index in [1.54, 1.807) is 18.2 Å².